The summed E-state index contributed by atoms with van der Waals surface area (Å²) in [5, 5.41) is 22.2. The molecule has 0 aliphatic rings. The summed E-state index contributed by atoms with van der Waals surface area (Å²) in [6.07, 6.45) is -0.526. The van der Waals surface area contributed by atoms with Crippen molar-refractivity contribution in [1.82, 2.24) is 10.6 Å². The number of thioether (sulfide) groups is 1. The van der Waals surface area contributed by atoms with Gasteiger partial charge in [-0.15, -0.1) is 0 Å². The Morgan fingerprint density at radius 2 is 1.83 bits per heavy atom. The number of carboxylic acid groups (broad SMARTS) is 2. The molecular weight excluding hydrogens is 339 g/mol. The summed E-state index contributed by atoms with van der Waals surface area (Å²) < 4.78 is 12.7. The molecule has 1 aromatic rings. The summed E-state index contributed by atoms with van der Waals surface area (Å²) in [4.78, 5) is 33.0. The van der Waals surface area contributed by atoms with Gasteiger partial charge in [-0.2, -0.15) is 11.8 Å². The molecule has 0 radical (unpaired) electrons. The summed E-state index contributed by atoms with van der Waals surface area (Å²) in [6.45, 7) is 0.322. The second-order valence-corrected chi connectivity index (χ2v) is 6.01. The number of benzene rings is 1. The Balaban J connectivity index is 2.21. The van der Waals surface area contributed by atoms with E-state index >= 15 is 0 Å². The smallest absolute Gasteiger partial charge is 0.326 e. The minimum absolute atomic E-state index is 0.183. The van der Waals surface area contributed by atoms with Crippen LogP contribution in [0.1, 0.15) is 18.4 Å². The number of urea groups is 1. The van der Waals surface area contributed by atoms with Crippen LogP contribution < -0.4 is 10.6 Å². The van der Waals surface area contributed by atoms with Crippen molar-refractivity contribution in [3.8, 4) is 0 Å². The van der Waals surface area contributed by atoms with Crippen molar-refractivity contribution >= 4 is 29.7 Å². The second kappa shape index (κ2) is 10.5. The summed E-state index contributed by atoms with van der Waals surface area (Å²) in [6, 6.07) is 4.23. The van der Waals surface area contributed by atoms with Gasteiger partial charge in [0.2, 0.25) is 0 Å². The van der Waals surface area contributed by atoms with Gasteiger partial charge in [0.1, 0.15) is 11.9 Å². The van der Waals surface area contributed by atoms with Gasteiger partial charge < -0.3 is 20.8 Å². The minimum atomic E-state index is -1.28. The molecule has 132 valence electrons. The van der Waals surface area contributed by atoms with Crippen molar-refractivity contribution in [2.45, 2.75) is 24.6 Å². The molecule has 0 bridgehead atoms. The largest absolute Gasteiger partial charge is 0.481 e. The number of hydrogen-bond acceptors (Lipinski definition) is 4. The molecule has 4 N–H and O–H groups in total. The van der Waals surface area contributed by atoms with Crippen LogP contribution in [0.3, 0.4) is 0 Å². The monoisotopic (exact) mass is 358 g/mol. The molecule has 1 aromatic carbocycles. The number of halogens is 1. The summed E-state index contributed by atoms with van der Waals surface area (Å²) in [7, 11) is 0. The average Bonchev–Trinajstić information content (AvgIpc) is 2.52. The van der Waals surface area contributed by atoms with Crippen molar-refractivity contribution < 1.29 is 29.0 Å². The molecule has 0 spiro atoms. The van der Waals surface area contributed by atoms with E-state index in [9.17, 15) is 18.8 Å². The van der Waals surface area contributed by atoms with E-state index in [1.165, 1.54) is 23.9 Å². The van der Waals surface area contributed by atoms with Crippen molar-refractivity contribution in [3.63, 3.8) is 0 Å². The van der Waals surface area contributed by atoms with Crippen LogP contribution in [0.15, 0.2) is 24.3 Å². The molecule has 0 unspecified atom stereocenters. The van der Waals surface area contributed by atoms with E-state index in [2.05, 4.69) is 10.6 Å². The number of carboxylic acids is 2. The van der Waals surface area contributed by atoms with Crippen LogP contribution in [0.5, 0.6) is 0 Å². The van der Waals surface area contributed by atoms with Gasteiger partial charge in [-0.1, -0.05) is 12.1 Å². The Morgan fingerprint density at radius 1 is 1.17 bits per heavy atom. The van der Waals surface area contributed by atoms with Crippen LogP contribution in [0.25, 0.3) is 0 Å². The SMILES string of the molecule is O=C(O)CC[C@H](NC(=O)NCCSCc1ccc(F)cc1)C(=O)O. The third-order valence-electron chi connectivity index (χ3n) is 2.96. The minimum Gasteiger partial charge on any atom is -0.481 e. The number of carbonyl (C=O) groups excluding carboxylic acids is 1. The van der Waals surface area contributed by atoms with Gasteiger partial charge in [0.15, 0.2) is 0 Å². The Kier molecular flexibility index (Phi) is 8.63. The predicted octanol–water partition coefficient (Wildman–Crippen LogP) is 1.68. The fourth-order valence-corrected chi connectivity index (χ4v) is 2.56. The quantitative estimate of drug-likeness (QED) is 0.473. The van der Waals surface area contributed by atoms with Crippen molar-refractivity contribution in [3.05, 3.63) is 35.6 Å². The first-order valence-electron chi connectivity index (χ1n) is 7.19. The lowest BCUT2D eigenvalue weighted by atomic mass is 10.1. The molecule has 0 fully saturated rings. The van der Waals surface area contributed by atoms with Gasteiger partial charge >= 0.3 is 18.0 Å². The van der Waals surface area contributed by atoms with Gasteiger partial charge in [-0.25, -0.2) is 14.0 Å². The lowest BCUT2D eigenvalue weighted by Crippen LogP contribution is -2.46. The molecule has 0 heterocycles. The number of hydrogen-bond donors (Lipinski definition) is 4. The molecule has 0 aliphatic carbocycles. The molecule has 0 saturated heterocycles. The highest BCUT2D eigenvalue weighted by atomic mass is 32.2. The summed E-state index contributed by atoms with van der Waals surface area (Å²) >= 11 is 1.53. The summed E-state index contributed by atoms with van der Waals surface area (Å²) in [5.74, 6) is -1.44. The molecule has 24 heavy (non-hydrogen) atoms. The number of rotatable bonds is 10. The average molecular weight is 358 g/mol. The number of nitrogens with one attached hydrogen (secondary N) is 2. The first kappa shape index (κ1) is 19.8. The van der Waals surface area contributed by atoms with Crippen LogP contribution in [0, 0.1) is 5.82 Å². The van der Waals surface area contributed by atoms with Gasteiger partial charge in [-0.05, 0) is 24.1 Å². The molecule has 7 nitrogen and oxygen atoms in total. The van der Waals surface area contributed by atoms with E-state index in [4.69, 9.17) is 10.2 Å². The number of amides is 2. The highest BCUT2D eigenvalue weighted by Crippen LogP contribution is 2.12. The fourth-order valence-electron chi connectivity index (χ4n) is 1.74. The second-order valence-electron chi connectivity index (χ2n) is 4.90. The predicted molar refractivity (Wildman–Crippen MR) is 87.4 cm³/mol. The van der Waals surface area contributed by atoms with Gasteiger partial charge in [0.05, 0.1) is 0 Å². The lowest BCUT2D eigenvalue weighted by Gasteiger charge is -2.14. The van der Waals surface area contributed by atoms with E-state index < -0.39 is 24.0 Å². The van der Waals surface area contributed by atoms with Crippen molar-refractivity contribution in [2.24, 2.45) is 0 Å². The lowest BCUT2D eigenvalue weighted by molar-refractivity contribution is -0.140. The van der Waals surface area contributed by atoms with Crippen LogP contribution in [-0.2, 0) is 15.3 Å². The van der Waals surface area contributed by atoms with Gasteiger partial charge in [0.25, 0.3) is 0 Å². The number of carbonyl (C=O) groups is 3. The zero-order valence-corrected chi connectivity index (χ0v) is 13.6. The highest BCUT2D eigenvalue weighted by molar-refractivity contribution is 7.98. The highest BCUT2D eigenvalue weighted by Gasteiger charge is 2.20. The summed E-state index contributed by atoms with van der Waals surface area (Å²) in [5.41, 5.74) is 0.963. The Hall–Kier alpha value is -2.29. The maximum atomic E-state index is 12.7. The van der Waals surface area contributed by atoms with Crippen LogP contribution in [0.2, 0.25) is 0 Å². The van der Waals surface area contributed by atoms with E-state index in [0.29, 0.717) is 18.1 Å². The Morgan fingerprint density at radius 3 is 2.42 bits per heavy atom. The Labute approximate surface area is 142 Å². The Bertz CT molecular complexity index is 567. The number of aliphatic carboxylic acids is 2. The van der Waals surface area contributed by atoms with Gasteiger partial charge in [0, 0.05) is 24.5 Å². The maximum absolute atomic E-state index is 12.7. The van der Waals surface area contributed by atoms with E-state index in [1.807, 2.05) is 0 Å². The zero-order chi connectivity index (χ0) is 17.9. The fraction of sp³-hybridized carbons (Fsp3) is 0.400. The molecule has 1 atom stereocenters. The van der Waals surface area contributed by atoms with Crippen LogP contribution in [-0.4, -0.2) is 46.5 Å². The van der Waals surface area contributed by atoms with Crippen LogP contribution in [0.4, 0.5) is 9.18 Å². The van der Waals surface area contributed by atoms with Crippen molar-refractivity contribution in [1.29, 1.82) is 0 Å². The van der Waals surface area contributed by atoms with E-state index in [0.717, 1.165) is 5.56 Å². The van der Waals surface area contributed by atoms with Crippen molar-refractivity contribution in [2.75, 3.05) is 12.3 Å². The normalized spacial score (nSPS) is 11.5. The van der Waals surface area contributed by atoms with Gasteiger partial charge in [-0.3, -0.25) is 4.79 Å². The molecule has 0 aliphatic heterocycles. The maximum Gasteiger partial charge on any atom is 0.326 e. The molecule has 0 saturated carbocycles. The first-order chi connectivity index (χ1) is 11.4. The topological polar surface area (TPSA) is 116 Å². The standard InChI is InChI=1S/C15H19FN2O5S/c16-11-3-1-10(2-4-11)9-24-8-7-17-15(23)18-12(14(21)22)5-6-13(19)20/h1-4,12H,5-9H2,(H,19,20)(H,21,22)(H2,17,18,23)/t12-/m0/s1. The zero-order valence-electron chi connectivity index (χ0n) is 12.8. The van der Waals surface area contributed by atoms with Crippen LogP contribution >= 0.6 is 11.8 Å². The van der Waals surface area contributed by atoms with E-state index in [1.54, 1.807) is 12.1 Å². The van der Waals surface area contributed by atoms with E-state index in [-0.39, 0.29) is 18.7 Å². The first-order valence-corrected chi connectivity index (χ1v) is 8.35. The third kappa shape index (κ3) is 8.37. The molecule has 9 heteroatoms. The molecule has 2 amide bonds. The molecular formula is C15H19FN2O5S. The molecule has 1 rings (SSSR count). The third-order valence-corrected chi connectivity index (χ3v) is 3.99. The molecule has 0 aromatic heterocycles.